The van der Waals surface area contributed by atoms with E-state index in [0.29, 0.717) is 0 Å². The highest BCUT2D eigenvalue weighted by molar-refractivity contribution is 7.90. The van der Waals surface area contributed by atoms with Crippen LogP contribution in [0.4, 0.5) is 0 Å². The fourth-order valence-corrected chi connectivity index (χ4v) is 6.01. The van der Waals surface area contributed by atoms with E-state index < -0.39 is 30.8 Å². The quantitative estimate of drug-likeness (QED) is 0.546. The molecule has 2 aromatic carbocycles. The second-order valence-corrected chi connectivity index (χ2v) is 10.9. The minimum atomic E-state index is -4.16. The summed E-state index contributed by atoms with van der Waals surface area (Å²) in [5.74, 6) is 0. The fourth-order valence-electron chi connectivity index (χ4n) is 2.47. The zero-order chi connectivity index (χ0) is 22.1. The van der Waals surface area contributed by atoms with Crippen molar-refractivity contribution in [3.05, 3.63) is 70.7 Å². The normalized spacial score (nSPS) is 23.2. The van der Waals surface area contributed by atoms with E-state index >= 15 is 0 Å². The first-order valence-electron chi connectivity index (χ1n) is 8.18. The minimum absolute atomic E-state index is 0.0841. The number of nitrogens with zero attached hydrogens (tertiary/aromatic N) is 2. The molecular formula is C18H12Cl4N2O4S2. The van der Waals surface area contributed by atoms with Crippen LogP contribution in [0.3, 0.4) is 0 Å². The highest BCUT2D eigenvalue weighted by atomic mass is 35.5. The van der Waals surface area contributed by atoms with Gasteiger partial charge in [-0.1, -0.05) is 59.6 Å². The van der Waals surface area contributed by atoms with Gasteiger partial charge < -0.3 is 0 Å². The summed E-state index contributed by atoms with van der Waals surface area (Å²) in [5, 5.41) is -3.31. The predicted molar refractivity (Wildman–Crippen MR) is 120 cm³/mol. The molecule has 30 heavy (non-hydrogen) atoms. The van der Waals surface area contributed by atoms with Gasteiger partial charge in [0.1, 0.15) is 10.8 Å². The summed E-state index contributed by atoms with van der Waals surface area (Å²) in [4.78, 5) is -0.168. The molecule has 0 radical (unpaired) electrons. The van der Waals surface area contributed by atoms with Crippen molar-refractivity contribution in [2.45, 2.75) is 20.5 Å². The SMILES string of the molecule is O=S(=O)(/N=C1C(Cl)=C(Cl)/C(=N\S(=O)(=O)c2ccccc2)C(Cl)C\1Cl)c1ccccc1. The number of benzene rings is 2. The molecule has 0 saturated heterocycles. The van der Waals surface area contributed by atoms with Gasteiger partial charge >= 0.3 is 0 Å². The molecule has 12 heteroatoms. The first-order chi connectivity index (χ1) is 14.0. The fraction of sp³-hybridized carbons (Fsp3) is 0.111. The van der Waals surface area contributed by atoms with Crippen LogP contribution in [0.25, 0.3) is 0 Å². The molecule has 1 aliphatic carbocycles. The molecule has 0 bridgehead atoms. The molecule has 3 rings (SSSR count). The van der Waals surface area contributed by atoms with Crippen LogP contribution in [0.2, 0.25) is 0 Å². The van der Waals surface area contributed by atoms with Gasteiger partial charge in [0, 0.05) is 0 Å². The molecule has 0 fully saturated rings. The molecule has 0 heterocycles. The van der Waals surface area contributed by atoms with Gasteiger partial charge in [-0.05, 0) is 24.3 Å². The Labute approximate surface area is 194 Å². The van der Waals surface area contributed by atoms with Crippen LogP contribution < -0.4 is 0 Å². The molecule has 0 spiro atoms. The number of alkyl halides is 2. The molecule has 2 unspecified atom stereocenters. The third kappa shape index (κ3) is 4.74. The second-order valence-electron chi connectivity index (χ2n) is 5.96. The van der Waals surface area contributed by atoms with Gasteiger partial charge in [-0.3, -0.25) is 0 Å². The Morgan fingerprint density at radius 2 is 0.900 bits per heavy atom. The molecule has 0 N–H and O–H groups in total. The summed E-state index contributed by atoms with van der Waals surface area (Å²) in [5.41, 5.74) is -0.605. The number of rotatable bonds is 4. The van der Waals surface area contributed by atoms with E-state index in [9.17, 15) is 16.8 Å². The lowest BCUT2D eigenvalue weighted by molar-refractivity contribution is 0.596. The van der Waals surface area contributed by atoms with Crippen molar-refractivity contribution in [1.29, 1.82) is 0 Å². The van der Waals surface area contributed by atoms with Gasteiger partial charge in [0.05, 0.1) is 31.3 Å². The van der Waals surface area contributed by atoms with E-state index in [1.54, 1.807) is 12.1 Å². The van der Waals surface area contributed by atoms with Crippen LogP contribution >= 0.6 is 46.4 Å². The molecule has 2 atom stereocenters. The average molecular weight is 526 g/mol. The average Bonchev–Trinajstić information content (AvgIpc) is 2.74. The third-order valence-electron chi connectivity index (χ3n) is 3.94. The Morgan fingerprint density at radius 1 is 0.600 bits per heavy atom. The Kier molecular flexibility index (Phi) is 6.96. The largest absolute Gasteiger partial charge is 0.282 e. The van der Waals surface area contributed by atoms with Crippen molar-refractivity contribution in [3.63, 3.8) is 0 Å². The van der Waals surface area contributed by atoms with Crippen molar-refractivity contribution in [3.8, 4) is 0 Å². The number of halogens is 4. The second kappa shape index (κ2) is 8.98. The highest BCUT2D eigenvalue weighted by Crippen LogP contribution is 2.35. The lowest BCUT2D eigenvalue weighted by Crippen LogP contribution is -2.38. The number of hydrogen-bond acceptors (Lipinski definition) is 4. The zero-order valence-electron chi connectivity index (χ0n) is 14.8. The number of sulfonamides is 2. The lowest BCUT2D eigenvalue weighted by atomic mass is 10.0. The summed E-state index contributed by atoms with van der Waals surface area (Å²) in [7, 11) is -8.32. The first-order valence-corrected chi connectivity index (χ1v) is 12.7. The van der Waals surface area contributed by atoms with E-state index in [1.165, 1.54) is 48.5 Å². The molecule has 6 nitrogen and oxygen atoms in total. The minimum Gasteiger partial charge on any atom is -0.199 e. The van der Waals surface area contributed by atoms with E-state index in [2.05, 4.69) is 8.80 Å². The maximum absolute atomic E-state index is 12.6. The standard InChI is InChI=1S/C18H12Cl4N2O4S2/c19-13-15(21)18(24-30(27,28)12-9-5-2-6-10-12)16(22)14(20)17(13)23-29(25,26)11-7-3-1-4-8-11/h1-10,13,15H/b23-17-,24-18-. The van der Waals surface area contributed by atoms with E-state index in [-0.39, 0.29) is 31.3 Å². The molecule has 1 aliphatic rings. The molecule has 0 amide bonds. The lowest BCUT2D eigenvalue weighted by Gasteiger charge is -2.25. The van der Waals surface area contributed by atoms with Crippen LogP contribution in [0.5, 0.6) is 0 Å². The molecule has 158 valence electrons. The van der Waals surface area contributed by atoms with Crippen LogP contribution in [-0.4, -0.2) is 39.0 Å². The summed E-state index contributed by atoms with van der Waals surface area (Å²) < 4.78 is 57.6. The number of allylic oxidation sites excluding steroid dienone is 2. The Bertz CT molecular complexity index is 1160. The van der Waals surface area contributed by atoms with E-state index in [1.807, 2.05) is 0 Å². The monoisotopic (exact) mass is 524 g/mol. The molecule has 0 aliphatic heterocycles. The van der Waals surface area contributed by atoms with Crippen LogP contribution in [0.15, 0.2) is 89.3 Å². The third-order valence-corrected chi connectivity index (χ3v) is 8.46. The summed E-state index contributed by atoms with van der Waals surface area (Å²) >= 11 is 24.9. The molecule has 2 aromatic rings. The van der Waals surface area contributed by atoms with Crippen molar-refractivity contribution in [2.24, 2.45) is 8.80 Å². The van der Waals surface area contributed by atoms with Crippen molar-refractivity contribution >= 4 is 77.9 Å². The van der Waals surface area contributed by atoms with E-state index in [4.69, 9.17) is 46.4 Å². The van der Waals surface area contributed by atoms with Crippen molar-refractivity contribution in [1.82, 2.24) is 0 Å². The van der Waals surface area contributed by atoms with Gasteiger partial charge in [0.25, 0.3) is 20.0 Å². The number of hydrogen-bond donors (Lipinski definition) is 0. The van der Waals surface area contributed by atoms with Gasteiger partial charge in [0.15, 0.2) is 0 Å². The van der Waals surface area contributed by atoms with Crippen LogP contribution in [-0.2, 0) is 20.0 Å². The summed E-state index contributed by atoms with van der Waals surface area (Å²) in [6.07, 6.45) is 0. The zero-order valence-corrected chi connectivity index (χ0v) is 19.4. The highest BCUT2D eigenvalue weighted by Gasteiger charge is 2.39. The Morgan fingerprint density at radius 3 is 1.20 bits per heavy atom. The van der Waals surface area contributed by atoms with Gasteiger partial charge in [0.2, 0.25) is 0 Å². The van der Waals surface area contributed by atoms with E-state index in [0.717, 1.165) is 0 Å². The van der Waals surface area contributed by atoms with Gasteiger partial charge in [-0.25, -0.2) is 0 Å². The Hall–Kier alpha value is -1.42. The maximum atomic E-state index is 12.6. The molecular weight excluding hydrogens is 514 g/mol. The maximum Gasteiger partial charge on any atom is 0.282 e. The smallest absolute Gasteiger partial charge is 0.199 e. The topological polar surface area (TPSA) is 93.0 Å². The first kappa shape index (κ1) is 23.2. The van der Waals surface area contributed by atoms with Gasteiger partial charge in [-0.2, -0.15) is 25.6 Å². The van der Waals surface area contributed by atoms with Crippen molar-refractivity contribution in [2.75, 3.05) is 0 Å². The van der Waals surface area contributed by atoms with Crippen molar-refractivity contribution < 1.29 is 16.8 Å². The molecule has 0 saturated carbocycles. The van der Waals surface area contributed by atoms with Crippen LogP contribution in [0.1, 0.15) is 0 Å². The summed E-state index contributed by atoms with van der Waals surface area (Å²) in [6, 6.07) is 14.8. The summed E-state index contributed by atoms with van der Waals surface area (Å²) in [6.45, 7) is 0. The molecule has 0 aromatic heterocycles. The Balaban J connectivity index is 2.11. The predicted octanol–water partition coefficient (Wildman–Crippen LogP) is 4.56. The van der Waals surface area contributed by atoms with Gasteiger partial charge in [-0.15, -0.1) is 23.2 Å². The van der Waals surface area contributed by atoms with Crippen LogP contribution in [0, 0.1) is 0 Å².